The van der Waals surface area contributed by atoms with Crippen molar-refractivity contribution in [3.8, 4) is 33.9 Å². The van der Waals surface area contributed by atoms with Crippen molar-refractivity contribution in [2.24, 2.45) is 4.99 Å². The van der Waals surface area contributed by atoms with Gasteiger partial charge in [0.15, 0.2) is 0 Å². The molecule has 53 heavy (non-hydrogen) atoms. The van der Waals surface area contributed by atoms with Crippen molar-refractivity contribution in [2.45, 2.75) is 24.9 Å². The Morgan fingerprint density at radius 3 is 1.83 bits per heavy atom. The molecule has 7 aromatic rings. The highest BCUT2D eigenvalue weighted by atomic mass is 15.4. The number of hydrogen-bond acceptors (Lipinski definition) is 5. The van der Waals surface area contributed by atoms with Gasteiger partial charge in [0, 0.05) is 35.3 Å². The molecule has 0 fully saturated rings. The number of hydrogen-bond donors (Lipinski definition) is 2. The van der Waals surface area contributed by atoms with Gasteiger partial charge in [-0.2, -0.15) is 0 Å². The lowest BCUT2D eigenvalue weighted by molar-refractivity contribution is 0.305. The highest BCUT2D eigenvalue weighted by molar-refractivity contribution is 6.06. The van der Waals surface area contributed by atoms with Crippen LogP contribution in [0.4, 0.5) is 0 Å². The normalized spacial score (nSPS) is 16.9. The summed E-state index contributed by atoms with van der Waals surface area (Å²) in [5, 5.41) is 7.68. The van der Waals surface area contributed by atoms with Gasteiger partial charge in [-0.15, -0.1) is 0 Å². The first-order chi connectivity index (χ1) is 26.1. The summed E-state index contributed by atoms with van der Waals surface area (Å²) in [6.07, 6.45) is 0. The molecule has 6 aromatic carbocycles. The first-order valence-corrected chi connectivity index (χ1v) is 18.3. The fourth-order valence-corrected chi connectivity index (χ4v) is 7.64. The van der Waals surface area contributed by atoms with Gasteiger partial charge in [0.25, 0.3) is 0 Å². The van der Waals surface area contributed by atoms with Gasteiger partial charge >= 0.3 is 0 Å². The van der Waals surface area contributed by atoms with Crippen LogP contribution in [-0.2, 0) is 18.9 Å². The lowest BCUT2D eigenvalue weighted by Gasteiger charge is -2.35. The maximum Gasteiger partial charge on any atom is 0.221 e. The third kappa shape index (κ3) is 6.53. The molecule has 1 aliphatic heterocycles. The summed E-state index contributed by atoms with van der Waals surface area (Å²) in [5.74, 6) is -0.276. The van der Waals surface area contributed by atoms with E-state index in [2.05, 4.69) is 204 Å². The van der Waals surface area contributed by atoms with Crippen LogP contribution in [0.25, 0.3) is 33.9 Å². The number of imidazole rings is 1. The third-order valence-electron chi connectivity index (χ3n) is 9.90. The second-order valence-electron chi connectivity index (χ2n) is 13.8. The standard InChI is InChI=1S/C47H44N6/c1-48-32-38-28-17-19-31-41(38)47(50-42(34-20-8-4-9-21-34)43(51-47)35-22-10-5-11-23-35)53-45(37-26-14-7-15-27-37)44(36-24-12-6-13-25-36)49-46(53)40-30-18-16-29-39(40)33-52(2)3/h4-31,42,48,50H,32-33H2,1-3H3. The van der Waals surface area contributed by atoms with Gasteiger partial charge in [-0.05, 0) is 43.4 Å². The highest BCUT2D eigenvalue weighted by Crippen LogP contribution is 2.47. The van der Waals surface area contributed by atoms with Gasteiger partial charge in [-0.3, -0.25) is 9.88 Å². The number of aromatic nitrogens is 2. The molecule has 0 spiro atoms. The van der Waals surface area contributed by atoms with E-state index in [-0.39, 0.29) is 6.04 Å². The van der Waals surface area contributed by atoms with E-state index in [0.717, 1.165) is 68.4 Å². The minimum absolute atomic E-state index is 0.225. The molecule has 2 atom stereocenters. The molecule has 0 bridgehead atoms. The Bertz CT molecular complexity index is 2330. The Morgan fingerprint density at radius 1 is 0.642 bits per heavy atom. The maximum absolute atomic E-state index is 5.99. The Kier molecular flexibility index (Phi) is 9.66. The largest absolute Gasteiger partial charge is 0.316 e. The van der Waals surface area contributed by atoms with Crippen molar-refractivity contribution in [1.82, 2.24) is 25.1 Å². The molecule has 1 aromatic heterocycles. The summed E-state index contributed by atoms with van der Waals surface area (Å²) in [4.78, 5) is 13.9. The summed E-state index contributed by atoms with van der Waals surface area (Å²) >= 11 is 0. The zero-order chi connectivity index (χ0) is 36.2. The summed E-state index contributed by atoms with van der Waals surface area (Å²) in [5.41, 5.74) is 11.6. The van der Waals surface area contributed by atoms with Crippen LogP contribution in [0.3, 0.4) is 0 Å². The number of benzene rings is 6. The van der Waals surface area contributed by atoms with Crippen molar-refractivity contribution in [1.29, 1.82) is 0 Å². The van der Waals surface area contributed by atoms with Gasteiger partial charge in [0.05, 0.1) is 23.1 Å². The molecule has 6 heteroatoms. The second-order valence-corrected chi connectivity index (χ2v) is 13.8. The molecule has 2 N–H and O–H groups in total. The van der Waals surface area contributed by atoms with Crippen LogP contribution in [0.5, 0.6) is 0 Å². The minimum Gasteiger partial charge on any atom is -0.316 e. The zero-order valence-electron chi connectivity index (χ0n) is 30.4. The first-order valence-electron chi connectivity index (χ1n) is 18.3. The van der Waals surface area contributed by atoms with E-state index in [0.29, 0.717) is 6.54 Å². The quantitative estimate of drug-likeness (QED) is 0.142. The Labute approximate surface area is 312 Å². The molecular weight excluding hydrogens is 649 g/mol. The van der Waals surface area contributed by atoms with Crippen LogP contribution in [-0.4, -0.2) is 41.3 Å². The number of nitrogens with zero attached hydrogens (tertiary/aromatic N) is 4. The van der Waals surface area contributed by atoms with E-state index >= 15 is 0 Å². The fraction of sp³-hybridized carbons (Fsp3) is 0.149. The van der Waals surface area contributed by atoms with Crippen molar-refractivity contribution >= 4 is 5.71 Å². The molecule has 0 radical (unpaired) electrons. The number of nitrogens with one attached hydrogen (secondary N) is 2. The van der Waals surface area contributed by atoms with Gasteiger partial charge in [-0.1, -0.05) is 170 Å². The first kappa shape index (κ1) is 34.2. The zero-order valence-corrected chi connectivity index (χ0v) is 30.4. The van der Waals surface area contributed by atoms with E-state index in [9.17, 15) is 0 Å². The minimum atomic E-state index is -1.12. The van der Waals surface area contributed by atoms with Crippen LogP contribution in [0.15, 0.2) is 175 Å². The fourth-order valence-electron chi connectivity index (χ4n) is 7.64. The second kappa shape index (κ2) is 15.0. The van der Waals surface area contributed by atoms with E-state index in [1.807, 2.05) is 7.05 Å². The monoisotopic (exact) mass is 692 g/mol. The molecular formula is C47H44N6. The maximum atomic E-state index is 5.99. The van der Waals surface area contributed by atoms with Crippen molar-refractivity contribution in [2.75, 3.05) is 21.1 Å². The van der Waals surface area contributed by atoms with E-state index in [1.54, 1.807) is 0 Å². The topological polar surface area (TPSA) is 57.5 Å². The predicted molar refractivity (Wildman–Crippen MR) is 218 cm³/mol. The van der Waals surface area contributed by atoms with Crippen LogP contribution in [0, 0.1) is 0 Å². The van der Waals surface area contributed by atoms with E-state index in [1.165, 1.54) is 5.56 Å². The van der Waals surface area contributed by atoms with Crippen molar-refractivity contribution in [3.05, 3.63) is 198 Å². The summed E-state index contributed by atoms with van der Waals surface area (Å²) in [6, 6.07) is 59.6. The third-order valence-corrected chi connectivity index (χ3v) is 9.90. The summed E-state index contributed by atoms with van der Waals surface area (Å²) in [7, 11) is 6.23. The molecule has 262 valence electrons. The predicted octanol–water partition coefficient (Wildman–Crippen LogP) is 9.16. The van der Waals surface area contributed by atoms with Crippen LogP contribution in [0.1, 0.15) is 33.9 Å². The Morgan fingerprint density at radius 2 is 1.19 bits per heavy atom. The van der Waals surface area contributed by atoms with E-state index < -0.39 is 5.79 Å². The lowest BCUT2D eigenvalue weighted by Crippen LogP contribution is -2.46. The molecule has 2 heterocycles. The average Bonchev–Trinajstić information content (AvgIpc) is 3.81. The Hall–Kier alpha value is -5.92. The van der Waals surface area contributed by atoms with Crippen LogP contribution in [0.2, 0.25) is 0 Å². The molecule has 0 saturated carbocycles. The highest BCUT2D eigenvalue weighted by Gasteiger charge is 2.48. The molecule has 1 aliphatic rings. The van der Waals surface area contributed by atoms with Gasteiger partial charge < -0.3 is 10.2 Å². The molecule has 2 unspecified atom stereocenters. The van der Waals surface area contributed by atoms with Gasteiger partial charge in [-0.25, -0.2) is 9.98 Å². The van der Waals surface area contributed by atoms with Crippen molar-refractivity contribution < 1.29 is 0 Å². The molecule has 8 rings (SSSR count). The molecule has 6 nitrogen and oxygen atoms in total. The van der Waals surface area contributed by atoms with E-state index in [4.69, 9.17) is 9.98 Å². The summed E-state index contributed by atoms with van der Waals surface area (Å²) in [6.45, 7) is 1.42. The summed E-state index contributed by atoms with van der Waals surface area (Å²) < 4.78 is 2.40. The smallest absolute Gasteiger partial charge is 0.221 e. The molecule has 0 amide bonds. The Balaban J connectivity index is 1.56. The lowest BCUT2D eigenvalue weighted by atomic mass is 9.96. The van der Waals surface area contributed by atoms with Crippen LogP contribution < -0.4 is 10.6 Å². The molecule has 0 aliphatic carbocycles. The van der Waals surface area contributed by atoms with Crippen LogP contribution >= 0.6 is 0 Å². The number of rotatable bonds is 11. The van der Waals surface area contributed by atoms with Crippen molar-refractivity contribution in [3.63, 3.8) is 0 Å². The molecule has 0 saturated heterocycles. The van der Waals surface area contributed by atoms with Gasteiger partial charge in [0.1, 0.15) is 5.82 Å². The number of aliphatic imine (C=N–C) groups is 1. The average molecular weight is 693 g/mol. The SMILES string of the molecule is CNCc1ccccc1C1(n2c(-c3ccccc3CN(C)C)nc(-c3ccccc3)c2-c2ccccc2)N=C(c2ccccc2)C(c2ccccc2)N1. The van der Waals surface area contributed by atoms with Gasteiger partial charge in [0.2, 0.25) is 5.79 Å².